The lowest BCUT2D eigenvalue weighted by molar-refractivity contribution is -0.127. The number of aliphatic imine (C=N–C) groups is 1. The summed E-state index contributed by atoms with van der Waals surface area (Å²) >= 11 is 0. The molecule has 0 bridgehead atoms. The van der Waals surface area contributed by atoms with Gasteiger partial charge in [0.15, 0.2) is 5.96 Å². The molecule has 5 nitrogen and oxygen atoms in total. The number of likely N-dealkylation sites (N-methyl/N-ethyl adjacent to an activating group) is 1. The number of benzene rings is 2. The van der Waals surface area contributed by atoms with Gasteiger partial charge in [0.05, 0.1) is 0 Å². The Balaban J connectivity index is 0.00000261. The van der Waals surface area contributed by atoms with Gasteiger partial charge >= 0.3 is 0 Å². The maximum atomic E-state index is 12.0. The van der Waals surface area contributed by atoms with Gasteiger partial charge in [-0.05, 0) is 30.0 Å². The average molecular weight is 478 g/mol. The van der Waals surface area contributed by atoms with Crippen molar-refractivity contribution >= 4 is 41.5 Å². The van der Waals surface area contributed by atoms with Crippen molar-refractivity contribution in [1.29, 1.82) is 0 Å². The molecule has 0 aromatic heterocycles. The van der Waals surface area contributed by atoms with Crippen LogP contribution >= 0.6 is 24.0 Å². The van der Waals surface area contributed by atoms with Crippen molar-refractivity contribution in [3.05, 3.63) is 65.7 Å². The van der Waals surface area contributed by atoms with Gasteiger partial charge in [-0.2, -0.15) is 0 Å². The minimum Gasteiger partial charge on any atom is -0.356 e. The molecule has 0 fully saturated rings. The standard InChI is InChI=1S/C21H26N4O.HI/c1-24(2)20(26)16-23-21(22-14-12-17-8-4-3-5-9-17)25-15-13-18-10-6-7-11-19(18)25;/h3-11H,12-16H2,1-2H3,(H,22,23);1H. The molecule has 0 spiro atoms. The Labute approximate surface area is 178 Å². The van der Waals surface area contributed by atoms with E-state index in [1.54, 1.807) is 19.0 Å². The molecular formula is C21H27IN4O. The molecule has 0 aliphatic carbocycles. The number of fused-ring (bicyclic) bond motifs is 1. The van der Waals surface area contributed by atoms with Gasteiger partial charge in [0.2, 0.25) is 5.91 Å². The van der Waals surface area contributed by atoms with Crippen LogP contribution in [0.3, 0.4) is 0 Å². The summed E-state index contributed by atoms with van der Waals surface area (Å²) in [7, 11) is 3.51. The Hall–Kier alpha value is -2.09. The van der Waals surface area contributed by atoms with Gasteiger partial charge in [-0.25, -0.2) is 4.99 Å². The number of para-hydroxylation sites is 1. The van der Waals surface area contributed by atoms with Crippen LogP contribution in [0.1, 0.15) is 11.1 Å². The molecular weight excluding hydrogens is 451 g/mol. The number of amides is 1. The number of rotatable bonds is 5. The highest BCUT2D eigenvalue weighted by Gasteiger charge is 2.22. The average Bonchev–Trinajstić information content (AvgIpc) is 3.09. The number of carbonyl (C=O) groups excluding carboxylic acids is 1. The summed E-state index contributed by atoms with van der Waals surface area (Å²) in [6.45, 7) is 1.81. The van der Waals surface area contributed by atoms with Crippen LogP contribution in [0.2, 0.25) is 0 Å². The highest BCUT2D eigenvalue weighted by Crippen LogP contribution is 2.27. The summed E-state index contributed by atoms with van der Waals surface area (Å²) < 4.78 is 0. The second kappa shape index (κ2) is 10.3. The molecule has 144 valence electrons. The molecule has 2 aromatic carbocycles. The first-order valence-electron chi connectivity index (χ1n) is 9.03. The molecule has 0 radical (unpaired) electrons. The normalized spacial score (nSPS) is 13.0. The molecule has 0 atom stereocenters. The Morgan fingerprint density at radius 1 is 1.11 bits per heavy atom. The van der Waals surface area contributed by atoms with Crippen molar-refractivity contribution < 1.29 is 4.79 Å². The van der Waals surface area contributed by atoms with Crippen LogP contribution in [0.25, 0.3) is 0 Å². The van der Waals surface area contributed by atoms with E-state index in [1.165, 1.54) is 16.8 Å². The maximum Gasteiger partial charge on any atom is 0.243 e. The monoisotopic (exact) mass is 478 g/mol. The fourth-order valence-electron chi connectivity index (χ4n) is 3.04. The highest BCUT2D eigenvalue weighted by atomic mass is 127. The smallest absolute Gasteiger partial charge is 0.243 e. The van der Waals surface area contributed by atoms with Crippen molar-refractivity contribution in [2.24, 2.45) is 4.99 Å². The maximum absolute atomic E-state index is 12.0. The first kappa shape index (κ1) is 21.2. The quantitative estimate of drug-likeness (QED) is 0.409. The number of carbonyl (C=O) groups is 1. The third kappa shape index (κ3) is 5.69. The minimum atomic E-state index is -0.000147. The Kier molecular flexibility index (Phi) is 8.09. The van der Waals surface area contributed by atoms with Crippen LogP contribution in [0, 0.1) is 0 Å². The number of hydrogen-bond donors (Lipinski definition) is 1. The molecule has 1 heterocycles. The van der Waals surface area contributed by atoms with Gasteiger partial charge < -0.3 is 15.1 Å². The van der Waals surface area contributed by atoms with E-state index in [-0.39, 0.29) is 36.4 Å². The Morgan fingerprint density at radius 2 is 1.81 bits per heavy atom. The first-order chi connectivity index (χ1) is 12.6. The zero-order valence-electron chi connectivity index (χ0n) is 15.9. The van der Waals surface area contributed by atoms with Crippen LogP contribution in [-0.4, -0.2) is 50.5 Å². The molecule has 2 aromatic rings. The lowest BCUT2D eigenvalue weighted by atomic mass is 10.1. The zero-order chi connectivity index (χ0) is 18.4. The van der Waals surface area contributed by atoms with E-state index >= 15 is 0 Å². The SMILES string of the molecule is CN(C)C(=O)CN=C(NCCc1ccccc1)N1CCc2ccccc21.I. The van der Waals surface area contributed by atoms with E-state index in [9.17, 15) is 4.79 Å². The van der Waals surface area contributed by atoms with Crippen LogP contribution in [-0.2, 0) is 17.6 Å². The van der Waals surface area contributed by atoms with Crippen LogP contribution in [0.15, 0.2) is 59.6 Å². The van der Waals surface area contributed by atoms with Crippen molar-refractivity contribution in [2.75, 3.05) is 38.6 Å². The molecule has 1 N–H and O–H groups in total. The summed E-state index contributed by atoms with van der Waals surface area (Å²) in [6.07, 6.45) is 1.91. The summed E-state index contributed by atoms with van der Waals surface area (Å²) in [5.41, 5.74) is 3.78. The number of halogens is 1. The number of nitrogens with one attached hydrogen (secondary N) is 1. The predicted octanol–water partition coefficient (Wildman–Crippen LogP) is 2.94. The molecule has 0 unspecified atom stereocenters. The van der Waals surface area contributed by atoms with Crippen molar-refractivity contribution in [2.45, 2.75) is 12.8 Å². The summed E-state index contributed by atoms with van der Waals surface area (Å²) in [5, 5.41) is 3.45. The molecule has 1 aliphatic rings. The topological polar surface area (TPSA) is 47.9 Å². The van der Waals surface area contributed by atoms with E-state index in [1.807, 2.05) is 12.1 Å². The van der Waals surface area contributed by atoms with E-state index in [2.05, 4.69) is 57.7 Å². The fourth-order valence-corrected chi connectivity index (χ4v) is 3.04. The van der Waals surface area contributed by atoms with Gasteiger partial charge in [0.25, 0.3) is 0 Å². The third-order valence-electron chi connectivity index (χ3n) is 4.55. The van der Waals surface area contributed by atoms with Crippen LogP contribution < -0.4 is 10.2 Å². The van der Waals surface area contributed by atoms with Gasteiger partial charge in [-0.3, -0.25) is 4.79 Å². The van der Waals surface area contributed by atoms with E-state index in [0.717, 1.165) is 31.9 Å². The van der Waals surface area contributed by atoms with Crippen LogP contribution in [0.4, 0.5) is 5.69 Å². The van der Waals surface area contributed by atoms with Crippen molar-refractivity contribution in [1.82, 2.24) is 10.2 Å². The molecule has 1 amide bonds. The highest BCUT2D eigenvalue weighted by molar-refractivity contribution is 14.0. The van der Waals surface area contributed by atoms with Gasteiger partial charge in [-0.15, -0.1) is 24.0 Å². The van der Waals surface area contributed by atoms with Gasteiger partial charge in [-0.1, -0.05) is 48.5 Å². The summed E-state index contributed by atoms with van der Waals surface area (Å²) in [6, 6.07) is 18.8. The molecule has 0 saturated carbocycles. The number of nitrogens with zero attached hydrogens (tertiary/aromatic N) is 3. The lowest BCUT2D eigenvalue weighted by Crippen LogP contribution is -2.42. The minimum absolute atomic E-state index is 0. The van der Waals surface area contributed by atoms with Crippen molar-refractivity contribution in [3.63, 3.8) is 0 Å². The number of anilines is 1. The van der Waals surface area contributed by atoms with E-state index in [4.69, 9.17) is 0 Å². The van der Waals surface area contributed by atoms with Gasteiger partial charge in [0, 0.05) is 32.9 Å². The molecule has 1 aliphatic heterocycles. The van der Waals surface area contributed by atoms with E-state index < -0.39 is 0 Å². The molecule has 3 rings (SSSR count). The second-order valence-corrected chi connectivity index (χ2v) is 6.62. The van der Waals surface area contributed by atoms with Crippen molar-refractivity contribution in [3.8, 4) is 0 Å². The first-order valence-corrected chi connectivity index (χ1v) is 9.03. The number of hydrogen-bond acceptors (Lipinski definition) is 2. The molecule has 6 heteroatoms. The molecule has 27 heavy (non-hydrogen) atoms. The van der Waals surface area contributed by atoms with Crippen LogP contribution in [0.5, 0.6) is 0 Å². The third-order valence-corrected chi connectivity index (χ3v) is 4.55. The zero-order valence-corrected chi connectivity index (χ0v) is 18.2. The Morgan fingerprint density at radius 3 is 2.56 bits per heavy atom. The van der Waals surface area contributed by atoms with Gasteiger partial charge in [0.1, 0.15) is 6.54 Å². The second-order valence-electron chi connectivity index (χ2n) is 6.62. The summed E-state index contributed by atoms with van der Waals surface area (Å²) in [4.78, 5) is 20.3. The predicted molar refractivity (Wildman–Crippen MR) is 122 cm³/mol. The summed E-state index contributed by atoms with van der Waals surface area (Å²) in [5.74, 6) is 0.779. The number of guanidine groups is 1. The Bertz CT molecular complexity index is 777. The molecule has 0 saturated heterocycles. The largest absolute Gasteiger partial charge is 0.356 e. The van der Waals surface area contributed by atoms with E-state index in [0.29, 0.717) is 0 Å². The fraction of sp³-hybridized carbons (Fsp3) is 0.333. The lowest BCUT2D eigenvalue weighted by Gasteiger charge is -2.23.